The number of aliphatic hydroxyl groups is 1. The minimum absolute atomic E-state index is 0.0603. The second-order valence-corrected chi connectivity index (χ2v) is 6.40. The van der Waals surface area contributed by atoms with Crippen LogP contribution in [0.4, 0.5) is 10.1 Å². The van der Waals surface area contributed by atoms with E-state index in [0.717, 1.165) is 10.0 Å². The average molecular weight is 397 g/mol. The number of rotatable bonds is 7. The van der Waals surface area contributed by atoms with Crippen molar-refractivity contribution in [1.29, 1.82) is 0 Å². The summed E-state index contributed by atoms with van der Waals surface area (Å²) in [6.45, 7) is 2.65. The van der Waals surface area contributed by atoms with Gasteiger partial charge in [-0.15, -0.1) is 0 Å². The minimum Gasteiger partial charge on any atom is -0.395 e. The summed E-state index contributed by atoms with van der Waals surface area (Å²) in [5, 5.41) is 20.3. The molecule has 0 bridgehead atoms. The van der Waals surface area contributed by atoms with E-state index in [1.54, 1.807) is 25.1 Å². The fourth-order valence-electron chi connectivity index (χ4n) is 2.54. The van der Waals surface area contributed by atoms with Gasteiger partial charge < -0.3 is 5.11 Å². The van der Waals surface area contributed by atoms with Crippen molar-refractivity contribution >= 4 is 21.6 Å². The Hall–Kier alpha value is -1.83. The molecule has 0 heterocycles. The van der Waals surface area contributed by atoms with Crippen molar-refractivity contribution in [2.75, 3.05) is 13.2 Å². The summed E-state index contributed by atoms with van der Waals surface area (Å²) >= 11 is 3.32. The molecule has 128 valence electrons. The Balaban J connectivity index is 2.24. The van der Waals surface area contributed by atoms with Crippen LogP contribution >= 0.6 is 15.9 Å². The van der Waals surface area contributed by atoms with E-state index < -0.39 is 4.92 Å². The van der Waals surface area contributed by atoms with Crippen LogP contribution in [0.3, 0.4) is 0 Å². The highest BCUT2D eigenvalue weighted by Gasteiger charge is 2.16. The predicted molar refractivity (Wildman–Crippen MR) is 93.1 cm³/mol. The fourth-order valence-corrected chi connectivity index (χ4v) is 2.95. The topological polar surface area (TPSA) is 66.6 Å². The van der Waals surface area contributed by atoms with Gasteiger partial charge >= 0.3 is 0 Å². The predicted octanol–water partition coefficient (Wildman–Crippen LogP) is 3.80. The molecule has 2 rings (SSSR count). The summed E-state index contributed by atoms with van der Waals surface area (Å²) in [6, 6.07) is 9.61. The zero-order valence-electron chi connectivity index (χ0n) is 13.2. The van der Waals surface area contributed by atoms with E-state index in [9.17, 15) is 19.6 Å². The van der Waals surface area contributed by atoms with Crippen molar-refractivity contribution < 1.29 is 14.4 Å². The summed E-state index contributed by atoms with van der Waals surface area (Å²) in [6.07, 6.45) is 0. The van der Waals surface area contributed by atoms with Crippen LogP contribution in [0.15, 0.2) is 40.9 Å². The van der Waals surface area contributed by atoms with Crippen LogP contribution < -0.4 is 0 Å². The van der Waals surface area contributed by atoms with E-state index in [4.69, 9.17) is 0 Å². The van der Waals surface area contributed by atoms with Crippen molar-refractivity contribution in [1.82, 2.24) is 4.90 Å². The molecule has 0 atom stereocenters. The highest BCUT2D eigenvalue weighted by Crippen LogP contribution is 2.23. The second-order valence-electron chi connectivity index (χ2n) is 5.49. The zero-order valence-corrected chi connectivity index (χ0v) is 14.8. The zero-order chi connectivity index (χ0) is 17.7. The molecule has 2 aromatic rings. The van der Waals surface area contributed by atoms with Crippen molar-refractivity contribution in [3.63, 3.8) is 0 Å². The molecular weight excluding hydrogens is 379 g/mol. The summed E-state index contributed by atoms with van der Waals surface area (Å²) in [5.74, 6) is -0.322. The van der Waals surface area contributed by atoms with Crippen LogP contribution in [0.5, 0.6) is 0 Å². The number of hydrogen-bond donors (Lipinski definition) is 1. The highest BCUT2D eigenvalue weighted by atomic mass is 79.9. The first-order chi connectivity index (χ1) is 11.4. The molecule has 0 aliphatic carbocycles. The Bertz CT molecular complexity index is 740. The van der Waals surface area contributed by atoms with E-state index >= 15 is 0 Å². The maximum absolute atomic E-state index is 14.0. The molecule has 0 unspecified atom stereocenters. The van der Waals surface area contributed by atoms with Gasteiger partial charge in [0.25, 0.3) is 5.69 Å². The van der Waals surface area contributed by atoms with Crippen molar-refractivity contribution in [3.8, 4) is 0 Å². The highest BCUT2D eigenvalue weighted by molar-refractivity contribution is 9.10. The molecule has 0 saturated carbocycles. The van der Waals surface area contributed by atoms with E-state index in [-0.39, 0.29) is 18.1 Å². The van der Waals surface area contributed by atoms with E-state index in [2.05, 4.69) is 15.9 Å². The Kier molecular flexibility index (Phi) is 6.42. The average Bonchev–Trinajstić information content (AvgIpc) is 2.53. The van der Waals surface area contributed by atoms with Gasteiger partial charge in [-0.25, -0.2) is 4.39 Å². The second kappa shape index (κ2) is 8.32. The van der Waals surface area contributed by atoms with Crippen LogP contribution in [-0.4, -0.2) is 28.1 Å². The Morgan fingerprint density at radius 1 is 1.25 bits per heavy atom. The maximum Gasteiger partial charge on any atom is 0.272 e. The van der Waals surface area contributed by atoms with Crippen molar-refractivity contribution in [2.24, 2.45) is 0 Å². The lowest BCUT2D eigenvalue weighted by atomic mass is 10.1. The first-order valence-corrected chi connectivity index (χ1v) is 8.21. The molecule has 0 spiro atoms. The van der Waals surface area contributed by atoms with Gasteiger partial charge in [0.1, 0.15) is 5.82 Å². The standard InChI is InChI=1S/C17H18BrFN2O3/c1-12-13(3-2-4-17(12)21(23)24)10-20(7-8-22)11-14-9-15(18)5-6-16(14)19/h2-6,9,22H,7-8,10-11H2,1H3. The molecule has 0 aromatic heterocycles. The number of halogens is 2. The van der Waals surface area contributed by atoms with Crippen LogP contribution in [-0.2, 0) is 13.1 Å². The number of benzene rings is 2. The number of nitrogens with zero attached hydrogens (tertiary/aromatic N) is 2. The van der Waals surface area contributed by atoms with Crippen LogP contribution in [0.2, 0.25) is 0 Å². The molecule has 7 heteroatoms. The third-order valence-electron chi connectivity index (χ3n) is 3.83. The van der Waals surface area contributed by atoms with E-state index in [1.165, 1.54) is 12.1 Å². The first kappa shape index (κ1) is 18.5. The maximum atomic E-state index is 14.0. The molecule has 2 aromatic carbocycles. The van der Waals surface area contributed by atoms with Gasteiger partial charge in [-0.3, -0.25) is 15.0 Å². The molecule has 0 fully saturated rings. The first-order valence-electron chi connectivity index (χ1n) is 7.42. The van der Waals surface area contributed by atoms with Gasteiger partial charge in [0, 0.05) is 41.3 Å². The Morgan fingerprint density at radius 3 is 2.62 bits per heavy atom. The van der Waals surface area contributed by atoms with Crippen LogP contribution in [0.25, 0.3) is 0 Å². The largest absolute Gasteiger partial charge is 0.395 e. The summed E-state index contributed by atoms with van der Waals surface area (Å²) in [4.78, 5) is 12.5. The summed E-state index contributed by atoms with van der Waals surface area (Å²) in [7, 11) is 0. The van der Waals surface area contributed by atoms with Crippen LogP contribution in [0, 0.1) is 22.9 Å². The Labute approximate surface area is 148 Å². The van der Waals surface area contributed by atoms with E-state index in [1.807, 2.05) is 11.0 Å². The molecule has 1 N–H and O–H groups in total. The van der Waals surface area contributed by atoms with Gasteiger partial charge in [0.2, 0.25) is 0 Å². The Morgan fingerprint density at radius 2 is 1.96 bits per heavy atom. The molecular formula is C17H18BrFN2O3. The smallest absolute Gasteiger partial charge is 0.272 e. The fraction of sp³-hybridized carbons (Fsp3) is 0.294. The van der Waals surface area contributed by atoms with E-state index in [0.29, 0.717) is 30.8 Å². The SMILES string of the molecule is Cc1c(CN(CCO)Cc2cc(Br)ccc2F)cccc1[N+](=O)[O-]. The van der Waals surface area contributed by atoms with Gasteiger partial charge in [0.05, 0.1) is 11.5 Å². The normalized spacial score (nSPS) is 11.0. The van der Waals surface area contributed by atoms with Gasteiger partial charge in [-0.2, -0.15) is 0 Å². The third-order valence-corrected chi connectivity index (χ3v) is 4.32. The van der Waals surface area contributed by atoms with Crippen LogP contribution in [0.1, 0.15) is 16.7 Å². The lowest BCUT2D eigenvalue weighted by Crippen LogP contribution is -2.27. The summed E-state index contributed by atoms with van der Waals surface area (Å²) < 4.78 is 14.7. The third kappa shape index (κ3) is 4.59. The molecule has 5 nitrogen and oxygen atoms in total. The quantitative estimate of drug-likeness (QED) is 0.570. The lowest BCUT2D eigenvalue weighted by molar-refractivity contribution is -0.385. The molecule has 0 saturated heterocycles. The van der Waals surface area contributed by atoms with Gasteiger partial charge in [0.15, 0.2) is 0 Å². The number of nitro benzene ring substituents is 1. The summed E-state index contributed by atoms with van der Waals surface area (Å²) in [5.41, 5.74) is 1.93. The lowest BCUT2D eigenvalue weighted by Gasteiger charge is -2.22. The van der Waals surface area contributed by atoms with Gasteiger partial charge in [-0.05, 0) is 30.7 Å². The molecule has 0 radical (unpaired) electrons. The molecule has 24 heavy (non-hydrogen) atoms. The molecule has 0 aliphatic rings. The van der Waals surface area contributed by atoms with Gasteiger partial charge in [-0.1, -0.05) is 28.1 Å². The van der Waals surface area contributed by atoms with Crippen molar-refractivity contribution in [2.45, 2.75) is 20.0 Å². The monoisotopic (exact) mass is 396 g/mol. The number of nitro groups is 1. The minimum atomic E-state index is -0.413. The number of aliphatic hydroxyl groups excluding tert-OH is 1. The number of hydrogen-bond acceptors (Lipinski definition) is 4. The van der Waals surface area contributed by atoms with Crippen molar-refractivity contribution in [3.05, 3.63) is 73.5 Å². The molecule has 0 amide bonds. The molecule has 0 aliphatic heterocycles.